The number of fused-ring (bicyclic) bond motifs is 1. The molecule has 2 amide bonds. The van der Waals surface area contributed by atoms with Crippen LogP contribution in [0.2, 0.25) is 0 Å². The van der Waals surface area contributed by atoms with E-state index >= 15 is 4.39 Å². The Morgan fingerprint density at radius 3 is 2.57 bits per heavy atom. The average Bonchev–Trinajstić information content (AvgIpc) is 3.73. The highest BCUT2D eigenvalue weighted by molar-refractivity contribution is 5.97. The third-order valence-corrected chi connectivity index (χ3v) is 11.1. The van der Waals surface area contributed by atoms with Gasteiger partial charge in [0.05, 0.1) is 11.8 Å². The normalized spacial score (nSPS) is 20.8. The number of nitrogens with zero attached hydrogens (tertiary/aromatic N) is 4. The van der Waals surface area contributed by atoms with E-state index < -0.39 is 11.9 Å². The van der Waals surface area contributed by atoms with Crippen molar-refractivity contribution in [3.8, 4) is 28.3 Å². The molecule has 4 N–H and O–H groups in total. The fourth-order valence-electron chi connectivity index (χ4n) is 8.11. The number of β-amino-alcohol motifs (C(OH)–C–C–N with tert-alkyl or cyclic N) is 1. The molecule has 3 saturated heterocycles. The zero-order valence-electron chi connectivity index (χ0n) is 30.1. The van der Waals surface area contributed by atoms with E-state index in [9.17, 15) is 9.90 Å². The zero-order chi connectivity index (χ0) is 35.5. The monoisotopic (exact) mass is 697 g/mol. The minimum atomic E-state index is -0.565. The number of amides is 2. The van der Waals surface area contributed by atoms with Crippen LogP contribution in [-0.2, 0) is 0 Å². The summed E-state index contributed by atoms with van der Waals surface area (Å²) in [5.41, 5.74) is 4.70. The van der Waals surface area contributed by atoms with Gasteiger partial charge in [0.25, 0.3) is 0 Å². The fourth-order valence-corrected chi connectivity index (χ4v) is 8.11. The molecule has 2 atom stereocenters. The number of aliphatic hydroxyl groups is 1. The van der Waals surface area contributed by atoms with Crippen LogP contribution in [0.3, 0.4) is 0 Å². The first-order valence-electron chi connectivity index (χ1n) is 18.8. The lowest BCUT2D eigenvalue weighted by molar-refractivity contribution is 0.0959. The number of aromatic nitrogens is 3. The van der Waals surface area contributed by atoms with Gasteiger partial charge >= 0.3 is 6.03 Å². The standard InChI is InChI=1S/C40H52FN7O3/c1-25(2)18-29-22-48(23-37(29)49)40(50)46-35-20-30(41)19-33(26(35)3)38-34-21-36(45-39(34)44-24-43-38)28-4-6-31(7-5-28)51-32-11-16-47(17-12-32)15-10-27-8-13-42-14-9-27/h4-7,19-21,24-25,27,29,32,37,42,49H,8-18,22-23H2,1-3H3,(H,46,50)(H,43,44,45)/t29-,37-/m0/s1. The maximum atomic E-state index is 15.1. The van der Waals surface area contributed by atoms with Crippen molar-refractivity contribution in [2.45, 2.75) is 71.5 Å². The lowest BCUT2D eigenvalue weighted by atomic mass is 9.94. The Hall–Kier alpha value is -4.06. The van der Waals surface area contributed by atoms with Crippen molar-refractivity contribution < 1.29 is 19.0 Å². The summed E-state index contributed by atoms with van der Waals surface area (Å²) in [5.74, 6) is 1.71. The van der Waals surface area contributed by atoms with E-state index in [0.29, 0.717) is 40.6 Å². The van der Waals surface area contributed by atoms with Gasteiger partial charge in [0, 0.05) is 54.4 Å². The summed E-state index contributed by atoms with van der Waals surface area (Å²) in [6, 6.07) is 12.6. The number of anilines is 1. The van der Waals surface area contributed by atoms with Gasteiger partial charge in [0.2, 0.25) is 0 Å². The maximum Gasteiger partial charge on any atom is 0.321 e. The van der Waals surface area contributed by atoms with Crippen LogP contribution in [0.25, 0.3) is 33.5 Å². The van der Waals surface area contributed by atoms with Crippen LogP contribution in [0.4, 0.5) is 14.9 Å². The molecule has 272 valence electrons. The second-order valence-electron chi connectivity index (χ2n) is 15.3. The van der Waals surface area contributed by atoms with E-state index in [1.807, 2.05) is 37.3 Å². The number of halogens is 1. The molecule has 0 spiro atoms. The molecule has 7 rings (SSSR count). The van der Waals surface area contributed by atoms with Crippen molar-refractivity contribution in [2.75, 3.05) is 51.1 Å². The van der Waals surface area contributed by atoms with E-state index in [4.69, 9.17) is 4.74 Å². The summed E-state index contributed by atoms with van der Waals surface area (Å²) in [4.78, 5) is 29.9. The number of rotatable bonds is 10. The SMILES string of the molecule is Cc1c(NC(=O)N2C[C@H](CC(C)C)[C@@H](O)C2)cc(F)cc1-c1ncnc2[nH]c(-c3ccc(OC4CCN(CCC5CCNCC5)CC4)cc3)cc12. The highest BCUT2D eigenvalue weighted by Gasteiger charge is 2.34. The molecule has 2 aromatic heterocycles. The van der Waals surface area contributed by atoms with Crippen molar-refractivity contribution >= 4 is 22.8 Å². The summed E-state index contributed by atoms with van der Waals surface area (Å²) in [7, 11) is 0. The molecule has 0 bridgehead atoms. The van der Waals surface area contributed by atoms with Crippen LogP contribution < -0.4 is 15.4 Å². The Morgan fingerprint density at radius 2 is 1.82 bits per heavy atom. The van der Waals surface area contributed by atoms with E-state index in [2.05, 4.69) is 44.3 Å². The number of piperidine rings is 2. The number of aliphatic hydroxyl groups excluding tert-OH is 1. The van der Waals surface area contributed by atoms with Gasteiger partial charge in [0.1, 0.15) is 29.6 Å². The van der Waals surface area contributed by atoms with Gasteiger partial charge in [-0.15, -0.1) is 0 Å². The number of hydrogen-bond acceptors (Lipinski definition) is 7. The lowest BCUT2D eigenvalue weighted by Gasteiger charge is -2.33. The van der Waals surface area contributed by atoms with Crippen LogP contribution in [0.5, 0.6) is 5.75 Å². The molecule has 11 heteroatoms. The maximum absolute atomic E-state index is 15.1. The molecule has 10 nitrogen and oxygen atoms in total. The smallest absolute Gasteiger partial charge is 0.321 e. The number of likely N-dealkylation sites (tertiary alicyclic amines) is 2. The van der Waals surface area contributed by atoms with Gasteiger partial charge in [-0.05, 0) is 131 Å². The predicted octanol–water partition coefficient (Wildman–Crippen LogP) is 6.84. The van der Waals surface area contributed by atoms with Crippen LogP contribution in [0, 0.1) is 30.5 Å². The van der Waals surface area contributed by atoms with E-state index in [1.54, 1.807) is 4.90 Å². The predicted molar refractivity (Wildman–Crippen MR) is 199 cm³/mol. The molecular weight excluding hydrogens is 645 g/mol. The van der Waals surface area contributed by atoms with Crippen LogP contribution >= 0.6 is 0 Å². The van der Waals surface area contributed by atoms with Gasteiger partial charge in [-0.25, -0.2) is 19.2 Å². The summed E-state index contributed by atoms with van der Waals surface area (Å²) < 4.78 is 21.5. The first-order valence-corrected chi connectivity index (χ1v) is 18.8. The van der Waals surface area contributed by atoms with Gasteiger partial charge < -0.3 is 35.3 Å². The zero-order valence-corrected chi connectivity index (χ0v) is 30.1. The van der Waals surface area contributed by atoms with Crippen LogP contribution in [0.1, 0.15) is 57.9 Å². The van der Waals surface area contributed by atoms with E-state index in [1.165, 1.54) is 57.4 Å². The van der Waals surface area contributed by atoms with Crippen molar-refractivity contribution in [2.24, 2.45) is 17.8 Å². The van der Waals surface area contributed by atoms with Gasteiger partial charge in [-0.3, -0.25) is 0 Å². The van der Waals surface area contributed by atoms with Gasteiger partial charge in [-0.2, -0.15) is 0 Å². The molecule has 4 aromatic rings. The van der Waals surface area contributed by atoms with Crippen molar-refractivity contribution in [1.29, 1.82) is 0 Å². The average molecular weight is 698 g/mol. The highest BCUT2D eigenvalue weighted by atomic mass is 19.1. The topological polar surface area (TPSA) is 119 Å². The Bertz CT molecular complexity index is 1800. The molecular formula is C40H52FN7O3. The largest absolute Gasteiger partial charge is 0.490 e. The number of hydrogen-bond donors (Lipinski definition) is 4. The Morgan fingerprint density at radius 1 is 1.06 bits per heavy atom. The second-order valence-corrected chi connectivity index (χ2v) is 15.3. The number of H-pyrrole nitrogens is 1. The van der Waals surface area contributed by atoms with Gasteiger partial charge in [0.15, 0.2) is 0 Å². The van der Waals surface area contributed by atoms with Gasteiger partial charge in [-0.1, -0.05) is 13.8 Å². The minimum absolute atomic E-state index is 0.0304. The van der Waals surface area contributed by atoms with Crippen LogP contribution in [0.15, 0.2) is 48.8 Å². The third-order valence-electron chi connectivity index (χ3n) is 11.1. The minimum Gasteiger partial charge on any atom is -0.490 e. The fraction of sp³-hybridized carbons (Fsp3) is 0.525. The number of carbonyl (C=O) groups is 1. The molecule has 0 aliphatic carbocycles. The van der Waals surface area contributed by atoms with Crippen molar-refractivity contribution in [3.63, 3.8) is 0 Å². The first-order chi connectivity index (χ1) is 24.7. The quantitative estimate of drug-likeness (QED) is 0.143. The van der Waals surface area contributed by atoms with Crippen molar-refractivity contribution in [1.82, 2.24) is 30.1 Å². The van der Waals surface area contributed by atoms with Crippen molar-refractivity contribution in [3.05, 3.63) is 60.2 Å². The number of urea groups is 1. The Kier molecular flexibility index (Phi) is 10.9. The molecule has 5 heterocycles. The molecule has 0 radical (unpaired) electrons. The molecule has 0 unspecified atom stereocenters. The number of carbonyl (C=O) groups excluding carboxylic acids is 1. The lowest BCUT2D eigenvalue weighted by Crippen LogP contribution is -2.39. The molecule has 0 saturated carbocycles. The second kappa shape index (κ2) is 15.7. The molecule has 3 aliphatic heterocycles. The first kappa shape index (κ1) is 35.3. The summed E-state index contributed by atoms with van der Waals surface area (Å²) in [5, 5.41) is 17.6. The van der Waals surface area contributed by atoms with E-state index in [0.717, 1.165) is 60.7 Å². The number of benzene rings is 2. The Labute approximate surface area is 300 Å². The number of aromatic amines is 1. The number of ether oxygens (including phenoxy) is 1. The van der Waals surface area contributed by atoms with Crippen LogP contribution in [-0.4, -0.2) is 93.9 Å². The highest BCUT2D eigenvalue weighted by Crippen LogP contribution is 2.36. The summed E-state index contributed by atoms with van der Waals surface area (Å²) in [6.07, 6.45) is 7.98. The summed E-state index contributed by atoms with van der Waals surface area (Å²) >= 11 is 0. The Balaban J connectivity index is 1.00. The molecule has 51 heavy (non-hydrogen) atoms. The molecule has 3 aliphatic rings. The third kappa shape index (κ3) is 8.37. The summed E-state index contributed by atoms with van der Waals surface area (Å²) in [6.45, 7) is 12.5. The van der Waals surface area contributed by atoms with E-state index in [-0.39, 0.29) is 24.6 Å². The number of nitrogens with one attached hydrogen (secondary N) is 3. The molecule has 2 aromatic carbocycles. The molecule has 3 fully saturated rings.